The second-order valence-electron chi connectivity index (χ2n) is 4.24. The van der Waals surface area contributed by atoms with Crippen molar-refractivity contribution in [3.63, 3.8) is 0 Å². The molecule has 0 saturated heterocycles. The summed E-state index contributed by atoms with van der Waals surface area (Å²) in [5.74, 6) is 0. The van der Waals surface area contributed by atoms with Crippen LogP contribution in [0, 0.1) is 5.41 Å². The van der Waals surface area contributed by atoms with Gasteiger partial charge in [0.05, 0.1) is 6.61 Å². The molecule has 3 heteroatoms. The van der Waals surface area contributed by atoms with E-state index >= 15 is 0 Å². The first-order chi connectivity index (χ1) is 5.43. The van der Waals surface area contributed by atoms with Crippen molar-refractivity contribution in [2.75, 3.05) is 25.5 Å². The van der Waals surface area contributed by atoms with Gasteiger partial charge in [-0.15, -0.1) is 0 Å². The molecular formula is C9H20BrNO. The fraction of sp³-hybridized carbons (Fsp3) is 1.00. The second kappa shape index (κ2) is 5.20. The summed E-state index contributed by atoms with van der Waals surface area (Å²) in [5, 5.41) is 9.91. The molecule has 0 aromatic heterocycles. The van der Waals surface area contributed by atoms with Gasteiger partial charge in [-0.25, -0.2) is 0 Å². The third-order valence-electron chi connectivity index (χ3n) is 2.06. The molecule has 74 valence electrons. The molecule has 1 atom stereocenters. The highest BCUT2D eigenvalue weighted by Crippen LogP contribution is 2.19. The minimum absolute atomic E-state index is 0.231. The van der Waals surface area contributed by atoms with E-state index in [1.807, 2.05) is 14.0 Å². The summed E-state index contributed by atoms with van der Waals surface area (Å²) < 4.78 is 0. The lowest BCUT2D eigenvalue weighted by Crippen LogP contribution is -2.39. The maximum Gasteiger partial charge on any atom is 0.0584 e. The normalized spacial score (nSPS) is 15.2. The molecule has 0 radical (unpaired) electrons. The van der Waals surface area contributed by atoms with Gasteiger partial charge in [0, 0.05) is 17.9 Å². The molecular weight excluding hydrogens is 218 g/mol. The average Bonchev–Trinajstić information content (AvgIpc) is 2.02. The van der Waals surface area contributed by atoms with Crippen LogP contribution in [0.1, 0.15) is 20.8 Å². The monoisotopic (exact) mass is 237 g/mol. The Morgan fingerprint density at radius 2 is 2.00 bits per heavy atom. The molecule has 0 aliphatic heterocycles. The van der Waals surface area contributed by atoms with E-state index in [4.69, 9.17) is 5.11 Å². The van der Waals surface area contributed by atoms with Gasteiger partial charge in [0.1, 0.15) is 0 Å². The van der Waals surface area contributed by atoms with Crippen LogP contribution < -0.4 is 0 Å². The Labute approximate surface area is 84.1 Å². The number of aliphatic hydroxyl groups excluding tert-OH is 1. The maximum absolute atomic E-state index is 8.92. The first-order valence-corrected chi connectivity index (χ1v) is 5.42. The summed E-state index contributed by atoms with van der Waals surface area (Å²) >= 11 is 3.48. The summed E-state index contributed by atoms with van der Waals surface area (Å²) in [5.41, 5.74) is 0.276. The molecule has 0 saturated carbocycles. The number of hydrogen-bond acceptors (Lipinski definition) is 2. The van der Waals surface area contributed by atoms with Crippen LogP contribution in [0.2, 0.25) is 0 Å². The lowest BCUT2D eigenvalue weighted by Gasteiger charge is -2.31. The number of halogens is 1. The molecule has 0 heterocycles. The third kappa shape index (κ3) is 4.43. The fourth-order valence-corrected chi connectivity index (χ4v) is 1.19. The molecule has 0 bridgehead atoms. The van der Waals surface area contributed by atoms with Gasteiger partial charge in [-0.1, -0.05) is 29.8 Å². The molecule has 1 unspecified atom stereocenters. The number of nitrogens with zero attached hydrogens (tertiary/aromatic N) is 1. The minimum atomic E-state index is 0.231. The lowest BCUT2D eigenvalue weighted by atomic mass is 9.95. The lowest BCUT2D eigenvalue weighted by molar-refractivity contribution is 0.127. The highest BCUT2D eigenvalue weighted by molar-refractivity contribution is 9.09. The molecule has 0 amide bonds. The Morgan fingerprint density at radius 1 is 1.50 bits per heavy atom. The van der Waals surface area contributed by atoms with Gasteiger partial charge >= 0.3 is 0 Å². The summed E-state index contributed by atoms with van der Waals surface area (Å²) in [7, 11) is 2.05. The Hall–Kier alpha value is 0.400. The predicted octanol–water partition coefficient (Wildman–Crippen LogP) is 1.72. The van der Waals surface area contributed by atoms with Crippen LogP contribution in [-0.4, -0.2) is 41.6 Å². The number of alkyl halides is 1. The number of hydrogen-bond donors (Lipinski definition) is 1. The minimum Gasteiger partial charge on any atom is -0.395 e. The van der Waals surface area contributed by atoms with E-state index in [0.29, 0.717) is 0 Å². The van der Waals surface area contributed by atoms with Gasteiger partial charge in [0.25, 0.3) is 0 Å². The van der Waals surface area contributed by atoms with Gasteiger partial charge in [-0.05, 0) is 19.4 Å². The van der Waals surface area contributed by atoms with Crippen molar-refractivity contribution in [2.45, 2.75) is 26.8 Å². The van der Waals surface area contributed by atoms with Crippen LogP contribution in [-0.2, 0) is 0 Å². The highest BCUT2D eigenvalue weighted by Gasteiger charge is 2.20. The highest BCUT2D eigenvalue weighted by atomic mass is 79.9. The smallest absolute Gasteiger partial charge is 0.0584 e. The number of rotatable bonds is 5. The number of likely N-dealkylation sites (N-methyl/N-ethyl adjacent to an activating group) is 1. The summed E-state index contributed by atoms with van der Waals surface area (Å²) in [6.07, 6.45) is 0. The average molecular weight is 238 g/mol. The van der Waals surface area contributed by atoms with Crippen LogP contribution in [0.5, 0.6) is 0 Å². The fourth-order valence-electron chi connectivity index (χ4n) is 1.01. The summed E-state index contributed by atoms with van der Waals surface area (Å²) in [4.78, 5) is 2.18. The molecule has 0 fully saturated rings. The molecule has 12 heavy (non-hydrogen) atoms. The van der Waals surface area contributed by atoms with Crippen molar-refractivity contribution in [1.82, 2.24) is 4.90 Å². The quantitative estimate of drug-likeness (QED) is 0.737. The van der Waals surface area contributed by atoms with E-state index in [1.54, 1.807) is 0 Å². The van der Waals surface area contributed by atoms with Crippen LogP contribution in [0.4, 0.5) is 0 Å². The van der Waals surface area contributed by atoms with E-state index < -0.39 is 0 Å². The standard InChI is InChI=1S/C9H20BrNO/c1-8(5-12)11(4)7-9(2,3)6-10/h8,12H,5-7H2,1-4H3. The Morgan fingerprint density at radius 3 is 2.33 bits per heavy atom. The van der Waals surface area contributed by atoms with Crippen LogP contribution in [0.3, 0.4) is 0 Å². The van der Waals surface area contributed by atoms with Crippen molar-refractivity contribution in [3.05, 3.63) is 0 Å². The Kier molecular flexibility index (Phi) is 5.37. The topological polar surface area (TPSA) is 23.5 Å². The van der Waals surface area contributed by atoms with Crippen LogP contribution in [0.15, 0.2) is 0 Å². The molecule has 0 aromatic rings. The summed E-state index contributed by atoms with van der Waals surface area (Å²) in [6, 6.07) is 0.253. The van der Waals surface area contributed by atoms with E-state index in [-0.39, 0.29) is 18.1 Å². The van der Waals surface area contributed by atoms with E-state index in [1.165, 1.54) is 0 Å². The first-order valence-electron chi connectivity index (χ1n) is 4.30. The van der Waals surface area contributed by atoms with Gasteiger partial charge < -0.3 is 10.0 Å². The van der Waals surface area contributed by atoms with E-state index in [0.717, 1.165) is 11.9 Å². The zero-order valence-corrected chi connectivity index (χ0v) is 10.1. The van der Waals surface area contributed by atoms with Crippen molar-refractivity contribution >= 4 is 15.9 Å². The molecule has 0 aromatic carbocycles. The van der Waals surface area contributed by atoms with E-state index in [9.17, 15) is 0 Å². The van der Waals surface area contributed by atoms with Gasteiger partial charge in [-0.2, -0.15) is 0 Å². The van der Waals surface area contributed by atoms with Gasteiger partial charge in [-0.3, -0.25) is 0 Å². The molecule has 0 rings (SSSR count). The van der Waals surface area contributed by atoms with Crippen LogP contribution in [0.25, 0.3) is 0 Å². The van der Waals surface area contributed by atoms with Crippen molar-refractivity contribution in [3.8, 4) is 0 Å². The zero-order chi connectivity index (χ0) is 9.78. The Balaban J connectivity index is 3.90. The van der Waals surface area contributed by atoms with Crippen molar-refractivity contribution in [2.24, 2.45) is 5.41 Å². The summed E-state index contributed by atoms with van der Waals surface area (Å²) in [6.45, 7) is 7.68. The molecule has 2 nitrogen and oxygen atoms in total. The second-order valence-corrected chi connectivity index (χ2v) is 4.81. The predicted molar refractivity (Wildman–Crippen MR) is 56.8 cm³/mol. The Bertz CT molecular complexity index is 128. The zero-order valence-electron chi connectivity index (χ0n) is 8.47. The first kappa shape index (κ1) is 12.4. The third-order valence-corrected chi connectivity index (χ3v) is 3.57. The van der Waals surface area contributed by atoms with Crippen molar-refractivity contribution < 1.29 is 5.11 Å². The van der Waals surface area contributed by atoms with E-state index in [2.05, 4.69) is 34.7 Å². The number of aliphatic hydroxyl groups is 1. The van der Waals surface area contributed by atoms with Crippen molar-refractivity contribution in [1.29, 1.82) is 0 Å². The maximum atomic E-state index is 8.92. The molecule has 0 spiro atoms. The van der Waals surface area contributed by atoms with Gasteiger partial charge in [0.2, 0.25) is 0 Å². The molecule has 1 N–H and O–H groups in total. The van der Waals surface area contributed by atoms with Crippen LogP contribution >= 0.6 is 15.9 Å². The van der Waals surface area contributed by atoms with Gasteiger partial charge in [0.15, 0.2) is 0 Å². The largest absolute Gasteiger partial charge is 0.395 e. The molecule has 0 aliphatic carbocycles. The SMILES string of the molecule is CC(CO)N(C)CC(C)(C)CBr. The molecule has 0 aliphatic rings.